The summed E-state index contributed by atoms with van der Waals surface area (Å²) in [6.07, 6.45) is 0. The molecule has 29 heavy (non-hydrogen) atoms. The van der Waals surface area contributed by atoms with Gasteiger partial charge in [0.25, 0.3) is 0 Å². The lowest BCUT2D eigenvalue weighted by Crippen LogP contribution is -2.10. The molecule has 0 saturated heterocycles. The summed E-state index contributed by atoms with van der Waals surface area (Å²) >= 11 is 6.19. The van der Waals surface area contributed by atoms with Crippen molar-refractivity contribution >= 4 is 28.5 Å². The molecule has 1 aromatic heterocycles. The van der Waals surface area contributed by atoms with Gasteiger partial charge in [-0.1, -0.05) is 11.6 Å². The molecule has 0 radical (unpaired) electrons. The third-order valence-electron chi connectivity index (χ3n) is 4.39. The second-order valence-electron chi connectivity index (χ2n) is 6.17. The lowest BCUT2D eigenvalue weighted by atomic mass is 10.1. The van der Waals surface area contributed by atoms with E-state index in [1.807, 2.05) is 0 Å². The van der Waals surface area contributed by atoms with Crippen LogP contribution in [0.1, 0.15) is 21.5 Å². The molecule has 3 rings (SSSR count). The maximum absolute atomic E-state index is 12.7. The van der Waals surface area contributed by atoms with Crippen molar-refractivity contribution in [2.45, 2.75) is 13.5 Å². The Morgan fingerprint density at radius 3 is 2.28 bits per heavy atom. The van der Waals surface area contributed by atoms with Gasteiger partial charge < -0.3 is 23.4 Å². The maximum atomic E-state index is 12.7. The zero-order valence-electron chi connectivity index (χ0n) is 16.3. The van der Waals surface area contributed by atoms with E-state index < -0.39 is 11.6 Å². The first-order valence-electron chi connectivity index (χ1n) is 8.58. The third kappa shape index (κ3) is 4.14. The van der Waals surface area contributed by atoms with E-state index in [4.69, 9.17) is 35.0 Å². The standard InChI is InChI=1S/C21H19ClO7/c1-11-5-17-13(7-15(11)22)12(6-20(23)29-17)10-28-21(24)14-8-18(26-3)19(27-4)9-16(14)25-2/h5-9H,10H2,1-4H3. The van der Waals surface area contributed by atoms with Crippen molar-refractivity contribution in [3.8, 4) is 17.2 Å². The zero-order chi connectivity index (χ0) is 21.1. The van der Waals surface area contributed by atoms with Crippen molar-refractivity contribution in [2.75, 3.05) is 21.3 Å². The number of ether oxygens (including phenoxy) is 4. The van der Waals surface area contributed by atoms with Crippen LogP contribution in [0.15, 0.2) is 39.5 Å². The van der Waals surface area contributed by atoms with Crippen LogP contribution in [-0.4, -0.2) is 27.3 Å². The van der Waals surface area contributed by atoms with Crippen LogP contribution in [0, 0.1) is 6.92 Å². The zero-order valence-corrected chi connectivity index (χ0v) is 17.1. The predicted molar refractivity (Wildman–Crippen MR) is 107 cm³/mol. The second kappa shape index (κ2) is 8.45. The van der Waals surface area contributed by atoms with E-state index in [1.54, 1.807) is 19.1 Å². The Morgan fingerprint density at radius 1 is 0.966 bits per heavy atom. The van der Waals surface area contributed by atoms with Crippen LogP contribution in [0.25, 0.3) is 11.0 Å². The van der Waals surface area contributed by atoms with Gasteiger partial charge in [0, 0.05) is 34.2 Å². The molecule has 0 bridgehead atoms. The predicted octanol–water partition coefficient (Wildman–Crippen LogP) is 4.14. The lowest BCUT2D eigenvalue weighted by molar-refractivity contribution is 0.0469. The summed E-state index contributed by atoms with van der Waals surface area (Å²) in [7, 11) is 4.37. The molecule has 152 valence electrons. The van der Waals surface area contributed by atoms with Crippen LogP contribution in [0.5, 0.6) is 17.2 Å². The number of carbonyl (C=O) groups excluding carboxylic acids is 1. The highest BCUT2D eigenvalue weighted by molar-refractivity contribution is 6.32. The number of hydrogen-bond donors (Lipinski definition) is 0. The monoisotopic (exact) mass is 418 g/mol. The van der Waals surface area contributed by atoms with E-state index in [-0.39, 0.29) is 17.9 Å². The van der Waals surface area contributed by atoms with Gasteiger partial charge in [0.05, 0.1) is 21.3 Å². The first-order chi connectivity index (χ1) is 13.9. The SMILES string of the molecule is COc1cc(OC)c(C(=O)OCc2cc(=O)oc3cc(C)c(Cl)cc23)cc1OC. The summed E-state index contributed by atoms with van der Waals surface area (Å²) in [4.78, 5) is 24.6. The van der Waals surface area contributed by atoms with Crippen molar-refractivity contribution < 1.29 is 28.2 Å². The normalized spacial score (nSPS) is 10.7. The molecule has 2 aromatic carbocycles. The second-order valence-corrected chi connectivity index (χ2v) is 6.58. The van der Waals surface area contributed by atoms with Gasteiger partial charge in [-0.15, -0.1) is 0 Å². The lowest BCUT2D eigenvalue weighted by Gasteiger charge is -2.14. The summed E-state index contributed by atoms with van der Waals surface area (Å²) in [6.45, 7) is 1.65. The van der Waals surface area contributed by atoms with E-state index in [2.05, 4.69) is 0 Å². The van der Waals surface area contributed by atoms with Crippen LogP contribution < -0.4 is 19.8 Å². The summed E-state index contributed by atoms with van der Waals surface area (Å²) in [5, 5.41) is 1.10. The van der Waals surface area contributed by atoms with Crippen LogP contribution in [0.2, 0.25) is 5.02 Å². The summed E-state index contributed by atoms with van der Waals surface area (Å²) in [5.74, 6) is 0.386. The van der Waals surface area contributed by atoms with Crippen LogP contribution in [-0.2, 0) is 11.3 Å². The molecule has 0 atom stereocenters. The molecule has 0 aliphatic heterocycles. The van der Waals surface area contributed by atoms with Crippen molar-refractivity contribution in [1.82, 2.24) is 0 Å². The van der Waals surface area contributed by atoms with Crippen LogP contribution in [0.4, 0.5) is 0 Å². The minimum atomic E-state index is -0.651. The van der Waals surface area contributed by atoms with Crippen molar-refractivity contribution in [1.29, 1.82) is 0 Å². The average molecular weight is 419 g/mol. The number of aryl methyl sites for hydroxylation is 1. The summed E-state index contributed by atoms with van der Waals surface area (Å²) in [5.41, 5.74) is 1.23. The molecule has 0 aliphatic rings. The van der Waals surface area contributed by atoms with Crippen molar-refractivity contribution in [2.24, 2.45) is 0 Å². The van der Waals surface area contributed by atoms with E-state index in [9.17, 15) is 9.59 Å². The van der Waals surface area contributed by atoms with E-state index in [0.717, 1.165) is 5.56 Å². The molecular formula is C21H19ClO7. The summed E-state index contributed by atoms with van der Waals surface area (Å²) < 4.78 is 26.3. The van der Waals surface area contributed by atoms with Crippen LogP contribution >= 0.6 is 11.6 Å². The number of benzene rings is 2. The molecular weight excluding hydrogens is 400 g/mol. The van der Waals surface area contributed by atoms with Gasteiger partial charge in [-0.2, -0.15) is 0 Å². The number of carbonyl (C=O) groups is 1. The fraction of sp³-hybridized carbons (Fsp3) is 0.238. The number of rotatable bonds is 6. The van der Waals surface area contributed by atoms with Crippen LogP contribution in [0.3, 0.4) is 0 Å². The Morgan fingerprint density at radius 2 is 1.62 bits per heavy atom. The largest absolute Gasteiger partial charge is 0.496 e. The van der Waals surface area contributed by atoms with Crippen molar-refractivity contribution in [3.63, 3.8) is 0 Å². The molecule has 0 amide bonds. The number of methoxy groups -OCH3 is 3. The Hall–Kier alpha value is -3.19. The highest BCUT2D eigenvalue weighted by atomic mass is 35.5. The molecule has 8 heteroatoms. The van der Waals surface area contributed by atoms with Gasteiger partial charge in [0.15, 0.2) is 11.5 Å². The Balaban J connectivity index is 1.94. The first-order valence-corrected chi connectivity index (χ1v) is 8.95. The topological polar surface area (TPSA) is 84.2 Å². The fourth-order valence-corrected chi connectivity index (χ4v) is 3.04. The average Bonchev–Trinajstić information content (AvgIpc) is 2.71. The molecule has 0 saturated carbocycles. The first kappa shape index (κ1) is 20.5. The molecule has 7 nitrogen and oxygen atoms in total. The molecule has 1 heterocycles. The minimum Gasteiger partial charge on any atom is -0.496 e. The Labute approximate surface area is 171 Å². The number of halogens is 1. The van der Waals surface area contributed by atoms with Gasteiger partial charge in [0.1, 0.15) is 23.5 Å². The minimum absolute atomic E-state index is 0.155. The van der Waals surface area contributed by atoms with Gasteiger partial charge in [-0.05, 0) is 24.6 Å². The highest BCUT2D eigenvalue weighted by Gasteiger charge is 2.20. The van der Waals surface area contributed by atoms with Gasteiger partial charge in [-0.3, -0.25) is 0 Å². The summed E-state index contributed by atoms with van der Waals surface area (Å²) in [6, 6.07) is 7.62. The Kier molecular flexibility index (Phi) is 5.98. The molecule has 0 fully saturated rings. The van der Waals surface area contributed by atoms with E-state index in [1.165, 1.54) is 39.5 Å². The Bertz CT molecular complexity index is 1130. The third-order valence-corrected chi connectivity index (χ3v) is 4.80. The van der Waals surface area contributed by atoms with E-state index >= 15 is 0 Å². The van der Waals surface area contributed by atoms with Crippen molar-refractivity contribution in [3.05, 3.63) is 62.5 Å². The maximum Gasteiger partial charge on any atom is 0.342 e. The molecule has 0 unspecified atom stereocenters. The quantitative estimate of drug-likeness (QED) is 0.439. The van der Waals surface area contributed by atoms with Gasteiger partial charge in [0.2, 0.25) is 0 Å². The molecule has 0 aliphatic carbocycles. The molecule has 0 N–H and O–H groups in total. The van der Waals surface area contributed by atoms with E-state index in [0.29, 0.717) is 33.1 Å². The molecule has 3 aromatic rings. The number of hydrogen-bond acceptors (Lipinski definition) is 7. The highest BCUT2D eigenvalue weighted by Crippen LogP contribution is 2.35. The van der Waals surface area contributed by atoms with Gasteiger partial charge >= 0.3 is 11.6 Å². The van der Waals surface area contributed by atoms with Gasteiger partial charge in [-0.25, -0.2) is 9.59 Å². The number of fused-ring (bicyclic) bond motifs is 1. The fourth-order valence-electron chi connectivity index (χ4n) is 2.88. The molecule has 0 spiro atoms. The smallest absolute Gasteiger partial charge is 0.342 e. The number of esters is 1.